The van der Waals surface area contributed by atoms with E-state index in [-0.39, 0.29) is 47.3 Å². The van der Waals surface area contributed by atoms with Crippen molar-refractivity contribution in [1.29, 1.82) is 0 Å². The summed E-state index contributed by atoms with van der Waals surface area (Å²) in [6.45, 7) is 2.72. The lowest BCUT2D eigenvalue weighted by molar-refractivity contribution is -0.123. The van der Waals surface area contributed by atoms with Gasteiger partial charge in [-0.2, -0.15) is 4.31 Å². The Bertz CT molecular complexity index is 1010. The Morgan fingerprint density at radius 3 is 2.55 bits per heavy atom. The maximum Gasteiger partial charge on any atom is 0.258 e. The van der Waals surface area contributed by atoms with Gasteiger partial charge in [0.15, 0.2) is 6.61 Å². The number of rotatable bonds is 8. The van der Waals surface area contributed by atoms with Crippen LogP contribution < -0.4 is 10.1 Å². The molecule has 1 heterocycles. The van der Waals surface area contributed by atoms with Crippen LogP contribution in [-0.2, 0) is 19.6 Å². The molecule has 0 saturated carbocycles. The first kappa shape index (κ1) is 23.9. The molecule has 2 aromatic carbocycles. The molecule has 168 valence electrons. The Labute approximate surface area is 192 Å². The van der Waals surface area contributed by atoms with E-state index < -0.39 is 10.0 Å². The highest BCUT2D eigenvalue weighted by Gasteiger charge is 2.30. The second-order valence-corrected chi connectivity index (χ2v) is 10.2. The van der Waals surface area contributed by atoms with Crippen LogP contribution >= 0.6 is 23.4 Å². The number of amides is 1. The van der Waals surface area contributed by atoms with E-state index >= 15 is 0 Å². The van der Waals surface area contributed by atoms with Gasteiger partial charge in [0, 0.05) is 23.0 Å². The minimum atomic E-state index is -3.83. The van der Waals surface area contributed by atoms with Crippen molar-refractivity contribution < 1.29 is 22.7 Å². The third-order valence-corrected chi connectivity index (χ3v) is 7.74. The normalized spacial score (nSPS) is 16.0. The number of benzene rings is 2. The molecule has 0 spiro atoms. The molecule has 1 aliphatic rings. The Hall–Kier alpha value is -1.78. The Balaban J connectivity index is 1.67. The molecular weight excluding hydrogens is 460 g/mol. The summed E-state index contributed by atoms with van der Waals surface area (Å²) in [6, 6.07) is 12.0. The highest BCUT2D eigenvalue weighted by atomic mass is 35.5. The number of carbonyl (C=O) groups is 1. The highest BCUT2D eigenvalue weighted by Crippen LogP contribution is 2.30. The maximum absolute atomic E-state index is 13.0. The molecule has 1 amide bonds. The van der Waals surface area contributed by atoms with Crippen molar-refractivity contribution in [2.45, 2.75) is 22.8 Å². The lowest BCUT2D eigenvalue weighted by atomic mass is 10.1. The number of sulfonamides is 1. The van der Waals surface area contributed by atoms with Crippen molar-refractivity contribution in [1.82, 2.24) is 9.62 Å². The number of hydrogen-bond acceptors (Lipinski definition) is 6. The zero-order valence-corrected chi connectivity index (χ0v) is 19.7. The SMILES string of the molecule is CSc1ccc([C@H](C)NC(=O)COc2ccc(Cl)cc2S(=O)(=O)N2CCOCC2)cc1. The van der Waals surface area contributed by atoms with E-state index in [4.69, 9.17) is 21.1 Å². The molecule has 1 N–H and O–H groups in total. The standard InChI is InChI=1S/C21H25ClN2O5S2/c1-15(16-3-6-18(30-2)7-4-16)23-21(25)14-29-19-8-5-17(22)13-20(19)31(26,27)24-9-11-28-12-10-24/h3-8,13,15H,9-12,14H2,1-2H3,(H,23,25)/t15-/m0/s1. The first-order chi connectivity index (χ1) is 14.8. The number of ether oxygens (including phenoxy) is 2. The molecular formula is C21H25ClN2O5S2. The molecule has 1 fully saturated rings. The predicted molar refractivity (Wildman–Crippen MR) is 121 cm³/mol. The fourth-order valence-electron chi connectivity index (χ4n) is 3.13. The van der Waals surface area contributed by atoms with Crippen molar-refractivity contribution in [2.24, 2.45) is 0 Å². The van der Waals surface area contributed by atoms with Crippen molar-refractivity contribution in [3.05, 3.63) is 53.1 Å². The van der Waals surface area contributed by atoms with Gasteiger partial charge in [-0.3, -0.25) is 4.79 Å². The van der Waals surface area contributed by atoms with E-state index in [9.17, 15) is 13.2 Å². The Morgan fingerprint density at radius 2 is 1.90 bits per heavy atom. The molecule has 0 aliphatic carbocycles. The molecule has 1 atom stereocenters. The van der Waals surface area contributed by atoms with Crippen LogP contribution in [0.15, 0.2) is 52.3 Å². The molecule has 3 rings (SSSR count). The first-order valence-electron chi connectivity index (χ1n) is 9.75. The lowest BCUT2D eigenvalue weighted by Crippen LogP contribution is -2.40. The zero-order valence-electron chi connectivity index (χ0n) is 17.3. The molecule has 7 nitrogen and oxygen atoms in total. The number of hydrogen-bond donors (Lipinski definition) is 1. The van der Waals surface area contributed by atoms with Crippen LogP contribution in [0.4, 0.5) is 0 Å². The van der Waals surface area contributed by atoms with Gasteiger partial charge in [-0.1, -0.05) is 23.7 Å². The number of nitrogens with one attached hydrogen (secondary N) is 1. The van der Waals surface area contributed by atoms with Crippen LogP contribution in [0.25, 0.3) is 0 Å². The summed E-state index contributed by atoms with van der Waals surface area (Å²) < 4.78 is 38.3. The number of thioether (sulfide) groups is 1. The van der Waals surface area contributed by atoms with Crippen LogP contribution in [0, 0.1) is 0 Å². The van der Waals surface area contributed by atoms with Gasteiger partial charge in [0.05, 0.1) is 19.3 Å². The molecule has 10 heteroatoms. The monoisotopic (exact) mass is 484 g/mol. The summed E-state index contributed by atoms with van der Waals surface area (Å²) in [6.07, 6.45) is 2.00. The van der Waals surface area contributed by atoms with Gasteiger partial charge in [0.2, 0.25) is 10.0 Å². The molecule has 2 aromatic rings. The highest BCUT2D eigenvalue weighted by molar-refractivity contribution is 7.98. The molecule has 0 bridgehead atoms. The number of halogens is 1. The maximum atomic E-state index is 13.0. The summed E-state index contributed by atoms with van der Waals surface area (Å²) in [5.41, 5.74) is 0.966. The van der Waals surface area contributed by atoms with Crippen LogP contribution in [0.2, 0.25) is 5.02 Å². The fourth-order valence-corrected chi connectivity index (χ4v) is 5.34. The van der Waals surface area contributed by atoms with Crippen LogP contribution in [0.3, 0.4) is 0 Å². The van der Waals surface area contributed by atoms with Gasteiger partial charge in [-0.05, 0) is 49.1 Å². The van der Waals surface area contributed by atoms with Crippen molar-refractivity contribution in [3.8, 4) is 5.75 Å². The number of carbonyl (C=O) groups excluding carboxylic acids is 1. The summed E-state index contributed by atoms with van der Waals surface area (Å²) >= 11 is 7.69. The average molecular weight is 485 g/mol. The molecule has 31 heavy (non-hydrogen) atoms. The molecule has 0 radical (unpaired) electrons. The molecule has 0 unspecified atom stereocenters. The van der Waals surface area contributed by atoms with E-state index in [1.165, 1.54) is 22.5 Å². The van der Waals surface area contributed by atoms with E-state index in [1.54, 1.807) is 11.8 Å². The fraction of sp³-hybridized carbons (Fsp3) is 0.381. The average Bonchev–Trinajstić information content (AvgIpc) is 2.78. The van der Waals surface area contributed by atoms with Gasteiger partial charge < -0.3 is 14.8 Å². The van der Waals surface area contributed by atoms with E-state index in [0.717, 1.165) is 10.5 Å². The minimum absolute atomic E-state index is 0.0598. The van der Waals surface area contributed by atoms with E-state index in [2.05, 4.69) is 5.32 Å². The van der Waals surface area contributed by atoms with Crippen LogP contribution in [0.1, 0.15) is 18.5 Å². The Morgan fingerprint density at radius 1 is 1.23 bits per heavy atom. The van der Waals surface area contributed by atoms with Crippen molar-refractivity contribution >= 4 is 39.3 Å². The second-order valence-electron chi connectivity index (χ2n) is 6.96. The third-order valence-electron chi connectivity index (χ3n) is 4.85. The van der Waals surface area contributed by atoms with Gasteiger partial charge in [-0.25, -0.2) is 8.42 Å². The largest absolute Gasteiger partial charge is 0.482 e. The van der Waals surface area contributed by atoms with Crippen molar-refractivity contribution in [2.75, 3.05) is 39.2 Å². The quantitative estimate of drug-likeness (QED) is 0.578. The predicted octanol–water partition coefficient (Wildman–Crippen LogP) is 3.34. The minimum Gasteiger partial charge on any atom is -0.482 e. The number of nitrogens with zero attached hydrogens (tertiary/aromatic N) is 1. The van der Waals surface area contributed by atoms with Gasteiger partial charge in [0.25, 0.3) is 5.91 Å². The Kier molecular flexibility index (Phi) is 8.23. The van der Waals surface area contributed by atoms with Gasteiger partial charge in [0.1, 0.15) is 10.6 Å². The molecule has 1 aliphatic heterocycles. The molecule has 0 aromatic heterocycles. The second kappa shape index (κ2) is 10.7. The summed E-state index contributed by atoms with van der Waals surface area (Å²) in [7, 11) is -3.83. The van der Waals surface area contributed by atoms with Gasteiger partial charge in [-0.15, -0.1) is 11.8 Å². The van der Waals surface area contributed by atoms with Crippen molar-refractivity contribution in [3.63, 3.8) is 0 Å². The summed E-state index contributed by atoms with van der Waals surface area (Å²) in [4.78, 5) is 13.5. The smallest absolute Gasteiger partial charge is 0.258 e. The lowest BCUT2D eigenvalue weighted by Gasteiger charge is -2.27. The van der Waals surface area contributed by atoms with E-state index in [0.29, 0.717) is 13.2 Å². The first-order valence-corrected chi connectivity index (χ1v) is 12.8. The molecule has 1 saturated heterocycles. The van der Waals surface area contributed by atoms with Crippen LogP contribution in [-0.4, -0.2) is 57.8 Å². The van der Waals surface area contributed by atoms with Crippen LogP contribution in [0.5, 0.6) is 5.75 Å². The zero-order chi connectivity index (χ0) is 22.4. The summed E-state index contributed by atoms with van der Waals surface area (Å²) in [5, 5.41) is 3.13. The third kappa shape index (κ3) is 6.14. The topological polar surface area (TPSA) is 84.9 Å². The van der Waals surface area contributed by atoms with Gasteiger partial charge >= 0.3 is 0 Å². The number of morpholine rings is 1. The van der Waals surface area contributed by atoms with E-state index in [1.807, 2.05) is 37.4 Å². The summed E-state index contributed by atoms with van der Waals surface area (Å²) in [5.74, 6) is -0.269.